The van der Waals surface area contributed by atoms with Crippen molar-refractivity contribution >= 4 is 39.8 Å². The van der Waals surface area contributed by atoms with Gasteiger partial charge in [0.2, 0.25) is 0 Å². The lowest BCUT2D eigenvalue weighted by atomic mass is 10.2. The van der Waals surface area contributed by atoms with Crippen LogP contribution in [0.25, 0.3) is 0 Å². The van der Waals surface area contributed by atoms with Crippen LogP contribution in [0.5, 0.6) is 11.5 Å². The van der Waals surface area contributed by atoms with E-state index in [1.54, 1.807) is 7.11 Å². The molecule has 0 bridgehead atoms. The van der Waals surface area contributed by atoms with Gasteiger partial charge in [-0.1, -0.05) is 42.5 Å². The van der Waals surface area contributed by atoms with Gasteiger partial charge in [0.25, 0.3) is 0 Å². The van der Waals surface area contributed by atoms with Crippen LogP contribution in [-0.4, -0.2) is 53.0 Å². The van der Waals surface area contributed by atoms with Crippen molar-refractivity contribution in [2.45, 2.75) is 32.1 Å². The maximum absolute atomic E-state index is 12.3. The van der Waals surface area contributed by atoms with Crippen LogP contribution in [0.3, 0.4) is 0 Å². The fourth-order valence-electron chi connectivity index (χ4n) is 2.93. The van der Waals surface area contributed by atoms with E-state index in [-0.39, 0.29) is 41.6 Å². The first-order valence-corrected chi connectivity index (χ1v) is 12.3. The van der Waals surface area contributed by atoms with Crippen LogP contribution in [0.15, 0.2) is 59.6 Å². The number of hydrogen-bond donors (Lipinski definition) is 2. The van der Waals surface area contributed by atoms with Gasteiger partial charge < -0.3 is 20.1 Å². The third kappa shape index (κ3) is 10.5. The Bertz CT molecular complexity index is 924. The summed E-state index contributed by atoms with van der Waals surface area (Å²) in [4.78, 5) is 4.55. The minimum atomic E-state index is -3.14. The summed E-state index contributed by atoms with van der Waals surface area (Å²) in [5.74, 6) is 2.19. The lowest BCUT2D eigenvalue weighted by Crippen LogP contribution is -2.39. The van der Waals surface area contributed by atoms with E-state index in [9.17, 15) is 8.42 Å². The van der Waals surface area contributed by atoms with Crippen LogP contribution in [0.1, 0.15) is 25.8 Å². The van der Waals surface area contributed by atoms with Crippen molar-refractivity contribution in [1.82, 2.24) is 10.6 Å². The molecule has 1 unspecified atom stereocenters. The Balaban J connectivity index is 0.00000512. The maximum atomic E-state index is 12.3. The summed E-state index contributed by atoms with van der Waals surface area (Å²) in [5.41, 5.74) is 0.814. The molecule has 0 saturated carbocycles. The zero-order chi connectivity index (χ0) is 22.5. The molecule has 0 aliphatic rings. The molecular formula is C23H34IN3O4S. The van der Waals surface area contributed by atoms with Gasteiger partial charge in [-0.15, -0.1) is 24.0 Å². The highest BCUT2D eigenvalue weighted by atomic mass is 127. The molecule has 0 radical (unpaired) electrons. The number of sulfone groups is 1. The second-order valence-corrected chi connectivity index (χ2v) is 9.34. The van der Waals surface area contributed by atoms with Crippen LogP contribution in [0.4, 0.5) is 0 Å². The van der Waals surface area contributed by atoms with Gasteiger partial charge in [-0.3, -0.25) is 0 Å². The molecule has 0 fully saturated rings. The van der Waals surface area contributed by atoms with Gasteiger partial charge in [0.1, 0.15) is 6.10 Å². The molecule has 7 nitrogen and oxygen atoms in total. The number of para-hydroxylation sites is 2. The summed E-state index contributed by atoms with van der Waals surface area (Å²) in [6, 6.07) is 16.7. The molecule has 0 aliphatic heterocycles. The molecule has 0 amide bonds. The Kier molecular flexibility index (Phi) is 13.1. The molecule has 0 saturated heterocycles. The fourth-order valence-corrected chi connectivity index (χ4v) is 4.36. The van der Waals surface area contributed by atoms with Gasteiger partial charge in [0, 0.05) is 13.1 Å². The Morgan fingerprint density at radius 1 is 1.03 bits per heavy atom. The van der Waals surface area contributed by atoms with E-state index in [0.29, 0.717) is 43.5 Å². The first-order chi connectivity index (χ1) is 14.9. The molecule has 178 valence electrons. The summed E-state index contributed by atoms with van der Waals surface area (Å²) >= 11 is 0. The maximum Gasteiger partial charge on any atom is 0.191 e. The number of rotatable bonds is 12. The van der Waals surface area contributed by atoms with Crippen molar-refractivity contribution in [2.24, 2.45) is 4.99 Å². The largest absolute Gasteiger partial charge is 0.493 e. The Hall–Kier alpha value is -2.01. The van der Waals surface area contributed by atoms with Crippen LogP contribution in [0.2, 0.25) is 0 Å². The standard InChI is InChI=1S/C23H33N3O4S.HI/c1-4-24-23(26-17-19(2)30-22-14-9-8-13-21(22)29-3)25-15-10-16-31(27,28)18-20-11-6-5-7-12-20;/h5-9,11-14,19H,4,10,15-18H2,1-3H3,(H2,24,25,26);1H. The Morgan fingerprint density at radius 3 is 2.34 bits per heavy atom. The van der Waals surface area contributed by atoms with Crippen LogP contribution in [0, 0.1) is 0 Å². The lowest BCUT2D eigenvalue weighted by Gasteiger charge is -2.16. The second-order valence-electron chi connectivity index (χ2n) is 7.16. The quantitative estimate of drug-likeness (QED) is 0.174. The average molecular weight is 576 g/mol. The van der Waals surface area contributed by atoms with E-state index < -0.39 is 9.84 Å². The Morgan fingerprint density at radius 2 is 1.69 bits per heavy atom. The van der Waals surface area contributed by atoms with Crippen LogP contribution in [-0.2, 0) is 15.6 Å². The van der Waals surface area contributed by atoms with E-state index >= 15 is 0 Å². The molecule has 0 aromatic heterocycles. The normalized spacial score (nSPS) is 12.4. The SMILES string of the molecule is CCNC(=NCC(C)Oc1ccccc1OC)NCCCS(=O)(=O)Cc1ccccc1.I. The number of guanidine groups is 1. The molecule has 9 heteroatoms. The molecule has 0 spiro atoms. The predicted molar refractivity (Wildman–Crippen MR) is 141 cm³/mol. The zero-order valence-electron chi connectivity index (χ0n) is 18.9. The van der Waals surface area contributed by atoms with Crippen molar-refractivity contribution in [1.29, 1.82) is 0 Å². The van der Waals surface area contributed by atoms with Crippen molar-refractivity contribution in [2.75, 3.05) is 32.5 Å². The number of halogens is 1. The van der Waals surface area contributed by atoms with E-state index in [0.717, 1.165) is 5.56 Å². The molecule has 2 N–H and O–H groups in total. The third-order valence-corrected chi connectivity index (χ3v) is 6.09. The zero-order valence-corrected chi connectivity index (χ0v) is 22.1. The summed E-state index contributed by atoms with van der Waals surface area (Å²) in [5, 5.41) is 6.36. The first kappa shape index (κ1) is 28.0. The third-order valence-electron chi connectivity index (χ3n) is 4.40. The van der Waals surface area contributed by atoms with Gasteiger partial charge in [-0.05, 0) is 38.0 Å². The number of benzene rings is 2. The summed E-state index contributed by atoms with van der Waals surface area (Å²) in [6.07, 6.45) is 0.352. The minimum absolute atomic E-state index is 0. The average Bonchev–Trinajstić information content (AvgIpc) is 2.75. The molecule has 2 aromatic rings. The number of nitrogens with one attached hydrogen (secondary N) is 2. The van der Waals surface area contributed by atoms with Gasteiger partial charge in [0.05, 0.1) is 25.2 Å². The summed E-state index contributed by atoms with van der Waals surface area (Å²) in [7, 11) is -1.53. The van der Waals surface area contributed by atoms with Gasteiger partial charge >= 0.3 is 0 Å². The summed E-state index contributed by atoms with van der Waals surface area (Å²) < 4.78 is 35.9. The van der Waals surface area contributed by atoms with Crippen LogP contribution < -0.4 is 20.1 Å². The highest BCUT2D eigenvalue weighted by Crippen LogP contribution is 2.26. The molecule has 0 aliphatic carbocycles. The van der Waals surface area contributed by atoms with E-state index in [2.05, 4.69) is 15.6 Å². The van der Waals surface area contributed by atoms with Gasteiger partial charge in [-0.2, -0.15) is 0 Å². The number of hydrogen-bond acceptors (Lipinski definition) is 5. The molecule has 0 heterocycles. The summed E-state index contributed by atoms with van der Waals surface area (Å²) in [6.45, 7) is 5.59. The van der Waals surface area contributed by atoms with Crippen LogP contribution >= 0.6 is 24.0 Å². The number of aliphatic imine (C=N–C) groups is 1. The molecule has 2 rings (SSSR count). The fraction of sp³-hybridized carbons (Fsp3) is 0.435. The van der Waals surface area contributed by atoms with Crippen molar-refractivity contribution in [3.05, 3.63) is 60.2 Å². The predicted octanol–water partition coefficient (Wildman–Crippen LogP) is 3.64. The highest BCUT2D eigenvalue weighted by molar-refractivity contribution is 14.0. The topological polar surface area (TPSA) is 89.0 Å². The Labute approximate surface area is 208 Å². The monoisotopic (exact) mass is 575 g/mol. The highest BCUT2D eigenvalue weighted by Gasteiger charge is 2.12. The number of ether oxygens (including phenoxy) is 2. The number of methoxy groups -OCH3 is 1. The van der Waals surface area contributed by atoms with E-state index in [1.807, 2.05) is 68.4 Å². The van der Waals surface area contributed by atoms with Crippen molar-refractivity contribution in [3.63, 3.8) is 0 Å². The molecule has 2 aromatic carbocycles. The van der Waals surface area contributed by atoms with Gasteiger partial charge in [-0.25, -0.2) is 13.4 Å². The second kappa shape index (κ2) is 14.9. The van der Waals surface area contributed by atoms with Gasteiger partial charge in [0.15, 0.2) is 27.3 Å². The smallest absolute Gasteiger partial charge is 0.191 e. The first-order valence-electron chi connectivity index (χ1n) is 10.5. The van der Waals surface area contributed by atoms with Crippen molar-refractivity contribution < 1.29 is 17.9 Å². The lowest BCUT2D eigenvalue weighted by molar-refractivity contribution is 0.219. The number of nitrogens with zero attached hydrogens (tertiary/aromatic N) is 1. The molecule has 32 heavy (non-hydrogen) atoms. The molecular weight excluding hydrogens is 541 g/mol. The minimum Gasteiger partial charge on any atom is -0.493 e. The van der Waals surface area contributed by atoms with E-state index in [4.69, 9.17) is 9.47 Å². The van der Waals surface area contributed by atoms with Crippen molar-refractivity contribution in [3.8, 4) is 11.5 Å². The molecule has 1 atom stereocenters. The van der Waals surface area contributed by atoms with E-state index in [1.165, 1.54) is 0 Å².